The Morgan fingerprint density at radius 1 is 1.19 bits per heavy atom. The van der Waals surface area contributed by atoms with Gasteiger partial charge in [0.05, 0.1) is 20.8 Å². The number of halogens is 1. The highest BCUT2D eigenvalue weighted by Gasteiger charge is 2.20. The van der Waals surface area contributed by atoms with Crippen LogP contribution in [0, 0.1) is 0 Å². The van der Waals surface area contributed by atoms with Gasteiger partial charge in [-0.15, -0.1) is 11.3 Å². The van der Waals surface area contributed by atoms with Crippen LogP contribution < -0.4 is 5.73 Å². The van der Waals surface area contributed by atoms with Gasteiger partial charge in [0.25, 0.3) is 0 Å². The lowest BCUT2D eigenvalue weighted by Gasteiger charge is -2.06. The van der Waals surface area contributed by atoms with Gasteiger partial charge in [0.1, 0.15) is 10.8 Å². The fourth-order valence-corrected chi connectivity index (χ4v) is 5.11. The van der Waals surface area contributed by atoms with Crippen molar-refractivity contribution in [2.24, 2.45) is 0 Å². The van der Waals surface area contributed by atoms with E-state index in [-0.39, 0.29) is 16.3 Å². The fraction of sp³-hybridized carbons (Fsp3) is 0.0714. The lowest BCUT2D eigenvalue weighted by molar-refractivity contribution is 0.595. The van der Waals surface area contributed by atoms with E-state index in [1.54, 1.807) is 12.1 Å². The van der Waals surface area contributed by atoms with Gasteiger partial charge in [0, 0.05) is 4.47 Å². The molecule has 0 radical (unpaired) electrons. The van der Waals surface area contributed by atoms with E-state index in [2.05, 4.69) is 20.9 Å². The first-order valence-corrected chi connectivity index (χ1v) is 9.34. The van der Waals surface area contributed by atoms with Crippen molar-refractivity contribution in [3.8, 4) is 0 Å². The first kappa shape index (κ1) is 14.5. The van der Waals surface area contributed by atoms with E-state index in [1.807, 2.05) is 24.3 Å². The second-order valence-corrected chi connectivity index (χ2v) is 8.51. The van der Waals surface area contributed by atoms with Crippen LogP contribution in [0.5, 0.6) is 0 Å². The summed E-state index contributed by atoms with van der Waals surface area (Å²) in [7, 11) is -3.51. The van der Waals surface area contributed by atoms with Gasteiger partial charge in [0.15, 0.2) is 9.84 Å². The van der Waals surface area contributed by atoms with Crippen molar-refractivity contribution in [2.45, 2.75) is 10.6 Å². The zero-order valence-electron chi connectivity index (χ0n) is 10.8. The summed E-state index contributed by atoms with van der Waals surface area (Å²) in [6.07, 6.45) is 0. The lowest BCUT2D eigenvalue weighted by atomic mass is 10.3. The smallest absolute Gasteiger partial charge is 0.186 e. The number of anilines is 1. The second-order valence-electron chi connectivity index (χ2n) is 4.52. The van der Waals surface area contributed by atoms with Gasteiger partial charge in [-0.2, -0.15) is 0 Å². The van der Waals surface area contributed by atoms with Crippen molar-refractivity contribution in [1.29, 1.82) is 0 Å². The van der Waals surface area contributed by atoms with E-state index in [0.29, 0.717) is 5.01 Å². The van der Waals surface area contributed by atoms with Crippen LogP contribution in [0.15, 0.2) is 51.8 Å². The first-order chi connectivity index (χ1) is 9.95. The molecule has 0 spiro atoms. The zero-order chi connectivity index (χ0) is 15.0. The van der Waals surface area contributed by atoms with Crippen molar-refractivity contribution in [1.82, 2.24) is 4.98 Å². The summed E-state index contributed by atoms with van der Waals surface area (Å²) in [5.41, 5.74) is 6.87. The Labute approximate surface area is 134 Å². The van der Waals surface area contributed by atoms with Crippen LogP contribution in [-0.4, -0.2) is 13.4 Å². The zero-order valence-corrected chi connectivity index (χ0v) is 14.0. The quantitative estimate of drug-likeness (QED) is 0.702. The number of nitrogen functional groups attached to an aromatic ring is 1. The molecule has 0 unspecified atom stereocenters. The van der Waals surface area contributed by atoms with Crippen molar-refractivity contribution in [3.05, 3.63) is 51.9 Å². The van der Waals surface area contributed by atoms with Crippen LogP contribution in [0.25, 0.3) is 10.2 Å². The maximum absolute atomic E-state index is 12.5. The Morgan fingerprint density at radius 2 is 1.95 bits per heavy atom. The van der Waals surface area contributed by atoms with Gasteiger partial charge in [-0.3, -0.25) is 0 Å². The van der Waals surface area contributed by atoms with E-state index in [4.69, 9.17) is 5.73 Å². The summed E-state index contributed by atoms with van der Waals surface area (Å²) < 4.78 is 26.7. The third-order valence-corrected chi connectivity index (χ3v) is 6.37. The molecule has 3 rings (SSSR count). The van der Waals surface area contributed by atoms with Gasteiger partial charge < -0.3 is 5.73 Å². The molecule has 3 aromatic rings. The number of aromatic nitrogens is 1. The SMILES string of the molecule is Nc1cc(Br)ccc1S(=O)(=O)Cc1nc2ccccc2s1. The van der Waals surface area contributed by atoms with Crippen LogP contribution in [0.2, 0.25) is 0 Å². The number of sulfone groups is 1. The monoisotopic (exact) mass is 382 g/mol. The standard InChI is InChI=1S/C14H11BrN2O2S2/c15-9-5-6-13(10(16)7-9)21(18,19)8-14-17-11-3-1-2-4-12(11)20-14/h1-7H,8,16H2. The lowest BCUT2D eigenvalue weighted by Crippen LogP contribution is -2.07. The molecule has 0 amide bonds. The Morgan fingerprint density at radius 3 is 2.67 bits per heavy atom. The summed E-state index contributed by atoms with van der Waals surface area (Å²) >= 11 is 4.66. The molecule has 0 aliphatic rings. The van der Waals surface area contributed by atoms with E-state index in [1.165, 1.54) is 17.4 Å². The second kappa shape index (κ2) is 5.40. The molecule has 2 aromatic carbocycles. The molecule has 7 heteroatoms. The van der Waals surface area contributed by atoms with Crippen molar-refractivity contribution < 1.29 is 8.42 Å². The minimum absolute atomic E-state index is 0.141. The van der Waals surface area contributed by atoms with E-state index in [9.17, 15) is 8.42 Å². The molecule has 0 saturated heterocycles. The van der Waals surface area contributed by atoms with Crippen LogP contribution in [0.1, 0.15) is 5.01 Å². The molecule has 4 nitrogen and oxygen atoms in total. The molecule has 0 fully saturated rings. The normalized spacial score (nSPS) is 11.9. The maximum atomic E-state index is 12.5. The van der Waals surface area contributed by atoms with Crippen LogP contribution in [0.3, 0.4) is 0 Å². The number of nitrogens with two attached hydrogens (primary N) is 1. The number of benzene rings is 2. The van der Waals surface area contributed by atoms with E-state index >= 15 is 0 Å². The molecule has 1 heterocycles. The summed E-state index contributed by atoms with van der Waals surface area (Å²) in [4.78, 5) is 4.50. The highest BCUT2D eigenvalue weighted by atomic mass is 79.9. The summed E-state index contributed by atoms with van der Waals surface area (Å²) in [6.45, 7) is 0. The van der Waals surface area contributed by atoms with Gasteiger partial charge in [-0.25, -0.2) is 13.4 Å². The average molecular weight is 383 g/mol. The summed E-state index contributed by atoms with van der Waals surface area (Å²) in [5, 5.41) is 0.568. The van der Waals surface area contributed by atoms with Crippen molar-refractivity contribution in [2.75, 3.05) is 5.73 Å². The molecule has 108 valence electrons. The van der Waals surface area contributed by atoms with Gasteiger partial charge in [-0.05, 0) is 30.3 Å². The highest BCUT2D eigenvalue weighted by molar-refractivity contribution is 9.10. The number of para-hydroxylation sites is 1. The predicted octanol–water partition coefficient (Wildman–Crippen LogP) is 3.61. The predicted molar refractivity (Wildman–Crippen MR) is 89.1 cm³/mol. The average Bonchev–Trinajstić information content (AvgIpc) is 2.79. The van der Waals surface area contributed by atoms with E-state index < -0.39 is 9.84 Å². The minimum atomic E-state index is -3.51. The molecular formula is C14H11BrN2O2S2. The van der Waals surface area contributed by atoms with Crippen LogP contribution in [0.4, 0.5) is 5.69 Å². The van der Waals surface area contributed by atoms with Crippen molar-refractivity contribution >= 4 is 53.0 Å². The molecular weight excluding hydrogens is 372 g/mol. The first-order valence-electron chi connectivity index (χ1n) is 6.08. The molecule has 0 saturated carbocycles. The molecule has 0 atom stereocenters. The number of rotatable bonds is 3. The van der Waals surface area contributed by atoms with Gasteiger partial charge in [0.2, 0.25) is 0 Å². The fourth-order valence-electron chi connectivity index (χ4n) is 2.02. The number of thiazole rings is 1. The number of nitrogens with zero attached hydrogens (tertiary/aromatic N) is 1. The number of hydrogen-bond acceptors (Lipinski definition) is 5. The topological polar surface area (TPSA) is 73.1 Å². The van der Waals surface area contributed by atoms with Gasteiger partial charge in [-0.1, -0.05) is 28.1 Å². The molecule has 0 bridgehead atoms. The minimum Gasteiger partial charge on any atom is -0.398 e. The third kappa shape index (κ3) is 2.95. The number of fused-ring (bicyclic) bond motifs is 1. The Bertz CT molecular complexity index is 887. The van der Waals surface area contributed by atoms with Crippen LogP contribution in [-0.2, 0) is 15.6 Å². The summed E-state index contributed by atoms with van der Waals surface area (Å²) in [5.74, 6) is -0.141. The number of hydrogen-bond donors (Lipinski definition) is 1. The summed E-state index contributed by atoms with van der Waals surface area (Å²) in [6, 6.07) is 12.4. The molecule has 2 N–H and O–H groups in total. The molecule has 0 aliphatic carbocycles. The van der Waals surface area contributed by atoms with E-state index in [0.717, 1.165) is 14.7 Å². The Balaban J connectivity index is 1.99. The Hall–Kier alpha value is -1.44. The Kier molecular flexibility index (Phi) is 3.73. The van der Waals surface area contributed by atoms with Gasteiger partial charge >= 0.3 is 0 Å². The third-order valence-electron chi connectivity index (χ3n) is 2.96. The molecule has 21 heavy (non-hydrogen) atoms. The molecule has 1 aromatic heterocycles. The molecule has 0 aliphatic heterocycles. The maximum Gasteiger partial charge on any atom is 0.186 e. The largest absolute Gasteiger partial charge is 0.398 e. The highest BCUT2D eigenvalue weighted by Crippen LogP contribution is 2.28. The van der Waals surface area contributed by atoms with Crippen LogP contribution >= 0.6 is 27.3 Å². The van der Waals surface area contributed by atoms with Crippen molar-refractivity contribution in [3.63, 3.8) is 0 Å².